The third kappa shape index (κ3) is 25.5. The van der Waals surface area contributed by atoms with Gasteiger partial charge in [-0.25, -0.2) is 0 Å². The van der Waals surface area contributed by atoms with Crippen molar-refractivity contribution < 1.29 is 9.90 Å². The number of hydrogen-bond donors (Lipinski definition) is 4. The van der Waals surface area contributed by atoms with Crippen LogP contribution in [0, 0.1) is 0 Å². The van der Waals surface area contributed by atoms with Crippen LogP contribution in [0.5, 0.6) is 0 Å². The number of rotatable bonds is 28. The van der Waals surface area contributed by atoms with Crippen LogP contribution < -0.4 is 16.4 Å². The van der Waals surface area contributed by atoms with Gasteiger partial charge in [0.15, 0.2) is 0 Å². The molecule has 0 spiro atoms. The van der Waals surface area contributed by atoms with Crippen molar-refractivity contribution >= 4 is 35.9 Å². The Morgan fingerprint density at radius 2 is 1.09 bits per heavy atom. The van der Waals surface area contributed by atoms with Gasteiger partial charge in [0.25, 0.3) is 0 Å². The van der Waals surface area contributed by atoms with Crippen LogP contribution in [-0.4, -0.2) is 73.2 Å². The van der Waals surface area contributed by atoms with Gasteiger partial charge in [-0.1, -0.05) is 0 Å². The van der Waals surface area contributed by atoms with E-state index >= 15 is 0 Å². The van der Waals surface area contributed by atoms with E-state index in [-0.39, 0.29) is 0 Å². The summed E-state index contributed by atoms with van der Waals surface area (Å²) >= 11 is 1.17. The molecule has 0 aliphatic carbocycles. The summed E-state index contributed by atoms with van der Waals surface area (Å²) in [6.07, 6.45) is 20.7. The fourth-order valence-corrected chi connectivity index (χ4v) is 10.7. The molecule has 0 aliphatic rings. The molecule has 0 rings (SSSR count). The van der Waals surface area contributed by atoms with Crippen molar-refractivity contribution in [3.63, 3.8) is 0 Å². The molecule has 0 aromatic rings. The van der Waals surface area contributed by atoms with Gasteiger partial charge >= 0.3 is 225 Å². The Kier molecular flexibility index (Phi) is 28.3. The normalized spacial score (nSPS) is 12.5. The molecule has 0 bridgehead atoms. The zero-order valence-corrected chi connectivity index (χ0v) is 25.9. The SMILES string of the molecule is CCCCCCCCCNCC[Se]C(CC[C@@H](N)C(=O)O)[Se]CCNCCCCCCCCC. The van der Waals surface area contributed by atoms with E-state index in [1.807, 2.05) is 0 Å². The van der Waals surface area contributed by atoms with Crippen molar-refractivity contribution in [1.82, 2.24) is 10.6 Å². The number of hydrogen-bond acceptors (Lipinski definition) is 4. The summed E-state index contributed by atoms with van der Waals surface area (Å²) in [6.45, 7) is 9.06. The van der Waals surface area contributed by atoms with E-state index in [4.69, 9.17) is 10.8 Å². The van der Waals surface area contributed by atoms with Gasteiger partial charge in [-0.3, -0.25) is 0 Å². The van der Waals surface area contributed by atoms with Crippen LogP contribution in [0.2, 0.25) is 14.4 Å². The standard InChI is InChI=1S/C27H57N3O2Se2/c1-3-5-7-9-11-13-15-19-29-21-23-33-26(18-17-25(28)27(31)32)34-24-22-30-20-16-14-12-10-8-6-4-2/h25-26,29-30H,3-24,28H2,1-2H3,(H,31,32)/t25-/m1/s1. The fraction of sp³-hybridized carbons (Fsp3) is 0.963. The fourth-order valence-electron chi connectivity index (χ4n) is 3.84. The van der Waals surface area contributed by atoms with E-state index in [9.17, 15) is 4.79 Å². The monoisotopic (exact) mass is 615 g/mol. The molecule has 204 valence electrons. The van der Waals surface area contributed by atoms with E-state index in [1.54, 1.807) is 0 Å². The summed E-state index contributed by atoms with van der Waals surface area (Å²) in [5, 5.41) is 18.9. The first kappa shape index (κ1) is 34.4. The Labute approximate surface area is 224 Å². The Bertz CT molecular complexity index is 405. The van der Waals surface area contributed by atoms with Crippen molar-refractivity contribution in [2.45, 2.75) is 137 Å². The van der Waals surface area contributed by atoms with Gasteiger partial charge < -0.3 is 0 Å². The summed E-state index contributed by atoms with van der Waals surface area (Å²) < 4.78 is 0.714. The molecule has 7 heteroatoms. The summed E-state index contributed by atoms with van der Waals surface area (Å²) in [5.74, 6) is -0.855. The van der Waals surface area contributed by atoms with Gasteiger partial charge in [0.1, 0.15) is 0 Å². The van der Waals surface area contributed by atoms with Gasteiger partial charge in [-0.05, 0) is 0 Å². The molecule has 0 saturated heterocycles. The number of unbranched alkanes of at least 4 members (excludes halogenated alkanes) is 12. The molecule has 0 unspecified atom stereocenters. The third-order valence-corrected chi connectivity index (χ3v) is 13.5. The molecule has 5 nitrogen and oxygen atoms in total. The Morgan fingerprint density at radius 3 is 1.50 bits per heavy atom. The van der Waals surface area contributed by atoms with E-state index in [0.717, 1.165) is 32.6 Å². The van der Waals surface area contributed by atoms with Crippen LogP contribution in [0.3, 0.4) is 0 Å². The summed E-state index contributed by atoms with van der Waals surface area (Å²) in [4.78, 5) is 11.1. The van der Waals surface area contributed by atoms with Gasteiger partial charge in [-0.2, -0.15) is 0 Å². The maximum absolute atomic E-state index is 11.1. The predicted octanol–water partition coefficient (Wildman–Crippen LogP) is 5.85. The van der Waals surface area contributed by atoms with Crippen molar-refractivity contribution in [2.75, 3.05) is 26.2 Å². The number of carboxylic acids is 1. The second-order valence-corrected chi connectivity index (χ2v) is 16.4. The molecular formula is C27H57N3O2Se2. The molecule has 0 heterocycles. The van der Waals surface area contributed by atoms with Crippen molar-refractivity contribution in [2.24, 2.45) is 5.73 Å². The zero-order valence-electron chi connectivity index (χ0n) is 22.5. The molecule has 0 radical (unpaired) electrons. The van der Waals surface area contributed by atoms with E-state index in [0.29, 0.717) is 40.0 Å². The first-order chi connectivity index (χ1) is 16.6. The topological polar surface area (TPSA) is 87.4 Å². The minimum atomic E-state index is -0.855. The molecule has 0 amide bonds. The average molecular weight is 614 g/mol. The summed E-state index contributed by atoms with van der Waals surface area (Å²) in [7, 11) is 0. The molecule has 5 N–H and O–H groups in total. The van der Waals surface area contributed by atoms with Crippen molar-refractivity contribution in [3.8, 4) is 0 Å². The second kappa shape index (κ2) is 28.0. The molecule has 34 heavy (non-hydrogen) atoms. The molecular weight excluding hydrogens is 556 g/mol. The number of nitrogens with two attached hydrogens (primary N) is 1. The Balaban J connectivity index is 3.82. The molecule has 0 fully saturated rings. The number of nitrogens with one attached hydrogen (secondary N) is 2. The summed E-state index contributed by atoms with van der Waals surface area (Å²) in [6, 6.07) is -0.694. The quantitative estimate of drug-likeness (QED) is 0.0657. The molecule has 0 aromatic carbocycles. The minimum absolute atomic E-state index is 0.587. The average Bonchev–Trinajstić information content (AvgIpc) is 2.83. The third-order valence-electron chi connectivity index (χ3n) is 6.11. The van der Waals surface area contributed by atoms with Gasteiger partial charge in [0, 0.05) is 0 Å². The van der Waals surface area contributed by atoms with E-state index in [1.165, 1.54) is 101 Å². The molecule has 1 atom stereocenters. The van der Waals surface area contributed by atoms with Crippen LogP contribution in [0.15, 0.2) is 0 Å². The van der Waals surface area contributed by atoms with Crippen LogP contribution in [0.25, 0.3) is 0 Å². The van der Waals surface area contributed by atoms with Crippen molar-refractivity contribution in [1.29, 1.82) is 0 Å². The second-order valence-electron chi connectivity index (χ2n) is 9.44. The van der Waals surface area contributed by atoms with Crippen LogP contribution in [-0.2, 0) is 4.79 Å². The van der Waals surface area contributed by atoms with Crippen molar-refractivity contribution in [3.05, 3.63) is 0 Å². The number of carbonyl (C=O) groups is 1. The number of aliphatic carboxylic acids is 1. The summed E-state index contributed by atoms with van der Waals surface area (Å²) in [5.41, 5.74) is 5.78. The predicted molar refractivity (Wildman–Crippen MR) is 151 cm³/mol. The first-order valence-electron chi connectivity index (χ1n) is 14.2. The Hall–Kier alpha value is 0.389. The molecule has 0 saturated carbocycles. The van der Waals surface area contributed by atoms with Gasteiger partial charge in [0.05, 0.1) is 0 Å². The van der Waals surface area contributed by atoms with E-state index < -0.39 is 12.0 Å². The maximum atomic E-state index is 11.1. The van der Waals surface area contributed by atoms with Gasteiger partial charge in [0.2, 0.25) is 0 Å². The van der Waals surface area contributed by atoms with E-state index in [2.05, 4.69) is 24.5 Å². The van der Waals surface area contributed by atoms with Crippen LogP contribution >= 0.6 is 0 Å². The Morgan fingerprint density at radius 1 is 0.676 bits per heavy atom. The van der Waals surface area contributed by atoms with Gasteiger partial charge in [-0.15, -0.1) is 0 Å². The van der Waals surface area contributed by atoms with Crippen LogP contribution in [0.1, 0.15) is 117 Å². The number of carboxylic acid groups (broad SMARTS) is 1. The zero-order chi connectivity index (χ0) is 25.1. The first-order valence-corrected chi connectivity index (χ1v) is 18.6. The van der Waals surface area contributed by atoms with Crippen LogP contribution in [0.4, 0.5) is 0 Å². The molecule has 0 aliphatic heterocycles. The molecule has 0 aromatic heterocycles.